The van der Waals surface area contributed by atoms with Gasteiger partial charge in [-0.1, -0.05) is 0 Å². The van der Waals surface area contributed by atoms with Gasteiger partial charge in [-0.2, -0.15) is 0 Å². The number of hydrogen-bond donors (Lipinski definition) is 2. The molecule has 0 aliphatic rings. The number of hydrogen-bond acceptors (Lipinski definition) is 5. The highest BCUT2D eigenvalue weighted by Crippen LogP contribution is 2.20. The van der Waals surface area contributed by atoms with Crippen molar-refractivity contribution in [3.63, 3.8) is 0 Å². The second-order valence-corrected chi connectivity index (χ2v) is 6.82. The molecule has 0 spiro atoms. The van der Waals surface area contributed by atoms with Crippen molar-refractivity contribution < 1.29 is 13.3 Å². The molecule has 17 heavy (non-hydrogen) atoms. The summed E-state index contributed by atoms with van der Waals surface area (Å²) in [7, 11) is -2.64. The lowest BCUT2D eigenvalue weighted by Gasteiger charge is -2.32. The normalized spacial score (nSPS) is 15.9. The molecule has 6 heteroatoms. The van der Waals surface area contributed by atoms with Gasteiger partial charge in [0.1, 0.15) is 0 Å². The van der Waals surface area contributed by atoms with E-state index >= 15 is 0 Å². The maximum absolute atomic E-state index is 6.00. The van der Waals surface area contributed by atoms with Crippen LogP contribution >= 0.6 is 0 Å². The Hall–Kier alpha value is 0.0169. The van der Waals surface area contributed by atoms with Crippen molar-refractivity contribution >= 4 is 8.80 Å². The van der Waals surface area contributed by atoms with Gasteiger partial charge in [0.05, 0.1) is 0 Å². The highest BCUT2D eigenvalue weighted by Gasteiger charge is 2.42. The molecule has 5 nitrogen and oxygen atoms in total. The third kappa shape index (κ3) is 7.12. The fourth-order valence-electron chi connectivity index (χ4n) is 1.71. The Morgan fingerprint density at radius 1 is 1.12 bits per heavy atom. The van der Waals surface area contributed by atoms with Crippen LogP contribution in [-0.4, -0.2) is 40.7 Å². The van der Waals surface area contributed by atoms with Gasteiger partial charge in [0.2, 0.25) is 0 Å². The zero-order chi connectivity index (χ0) is 13.3. The van der Waals surface area contributed by atoms with Gasteiger partial charge in [-0.15, -0.1) is 0 Å². The molecule has 104 valence electrons. The summed E-state index contributed by atoms with van der Waals surface area (Å²) in [6.07, 6.45) is 0.844. The Bertz CT molecular complexity index is 188. The predicted octanol–water partition coefficient (Wildman–Crippen LogP) is 1.10. The van der Waals surface area contributed by atoms with E-state index in [0.717, 1.165) is 6.42 Å². The molecule has 0 radical (unpaired) electrons. The zero-order valence-corrected chi connectivity index (χ0v) is 12.6. The second kappa shape index (κ2) is 9.01. The van der Waals surface area contributed by atoms with E-state index in [2.05, 4.69) is 0 Å². The summed E-state index contributed by atoms with van der Waals surface area (Å²) in [5.74, 6) is 0. The molecule has 0 saturated carbocycles. The van der Waals surface area contributed by atoms with E-state index < -0.39 is 8.80 Å². The summed E-state index contributed by atoms with van der Waals surface area (Å²) in [5, 5.41) is 0. The average Bonchev–Trinajstić information content (AvgIpc) is 2.16. The van der Waals surface area contributed by atoms with Gasteiger partial charge in [-0.05, 0) is 40.7 Å². The summed E-state index contributed by atoms with van der Waals surface area (Å²) < 4.78 is 17.5. The fourth-order valence-corrected chi connectivity index (χ4v) is 4.66. The highest BCUT2D eigenvalue weighted by molar-refractivity contribution is 6.61. The topological polar surface area (TPSA) is 79.7 Å². The Morgan fingerprint density at radius 2 is 1.65 bits per heavy atom. The first-order valence-corrected chi connectivity index (χ1v) is 8.34. The first-order chi connectivity index (χ1) is 7.99. The van der Waals surface area contributed by atoms with Gasteiger partial charge in [0.15, 0.2) is 0 Å². The molecule has 0 bridgehead atoms. The highest BCUT2D eigenvalue weighted by atomic mass is 28.4. The van der Waals surface area contributed by atoms with Gasteiger partial charge >= 0.3 is 8.80 Å². The van der Waals surface area contributed by atoms with Crippen molar-refractivity contribution in [1.29, 1.82) is 0 Å². The Morgan fingerprint density at radius 3 is 2.00 bits per heavy atom. The van der Waals surface area contributed by atoms with E-state index in [1.54, 1.807) is 0 Å². The summed E-state index contributed by atoms with van der Waals surface area (Å²) >= 11 is 0. The molecule has 0 heterocycles. The van der Waals surface area contributed by atoms with Crippen molar-refractivity contribution in [2.24, 2.45) is 11.5 Å². The molecule has 2 atom stereocenters. The fraction of sp³-hybridized carbons (Fsp3) is 1.00. The maximum Gasteiger partial charge on any atom is 0.502 e. The third-order valence-corrected chi connectivity index (χ3v) is 5.62. The van der Waals surface area contributed by atoms with Crippen molar-refractivity contribution in [2.45, 2.75) is 52.3 Å². The summed E-state index contributed by atoms with van der Waals surface area (Å²) in [6, 6.07) is 0.647. The molecule has 2 unspecified atom stereocenters. The largest absolute Gasteiger partial charge is 0.502 e. The Kier molecular flexibility index (Phi) is 9.02. The second-order valence-electron chi connectivity index (χ2n) is 4.24. The number of nitrogens with two attached hydrogens (primary N) is 2. The van der Waals surface area contributed by atoms with Crippen molar-refractivity contribution in [3.05, 3.63) is 0 Å². The first kappa shape index (κ1) is 17.0. The standard InChI is InChI=1S/C11H28N2O3Si/c1-5-14-17(15-6-2,9-10(3)13)16-11(4)7-8-12/h10-11H,5-9,12-13H2,1-4H3. The molecule has 0 saturated heterocycles. The van der Waals surface area contributed by atoms with Gasteiger partial charge in [-0.25, -0.2) is 0 Å². The van der Waals surface area contributed by atoms with Gasteiger partial charge < -0.3 is 24.7 Å². The summed E-state index contributed by atoms with van der Waals surface area (Å²) in [4.78, 5) is 0. The molecule has 0 aliphatic carbocycles. The molecule has 0 aromatic carbocycles. The van der Waals surface area contributed by atoms with Gasteiger partial charge in [0, 0.05) is 31.4 Å². The molecule has 0 aromatic heterocycles. The van der Waals surface area contributed by atoms with E-state index in [0.29, 0.717) is 25.8 Å². The van der Waals surface area contributed by atoms with E-state index in [9.17, 15) is 0 Å². The van der Waals surface area contributed by atoms with Crippen LogP contribution in [0.4, 0.5) is 0 Å². The zero-order valence-electron chi connectivity index (χ0n) is 11.6. The van der Waals surface area contributed by atoms with Crippen LogP contribution in [0.5, 0.6) is 0 Å². The lowest BCUT2D eigenvalue weighted by molar-refractivity contribution is 0.0354. The SMILES string of the molecule is CCO[Si](CC(C)N)(OCC)OC(C)CCN. The Labute approximate surface area is 106 Å². The van der Waals surface area contributed by atoms with Crippen LogP contribution in [0.3, 0.4) is 0 Å². The molecule has 0 fully saturated rings. The first-order valence-electron chi connectivity index (χ1n) is 6.41. The van der Waals surface area contributed by atoms with Crippen LogP contribution in [0.1, 0.15) is 34.1 Å². The minimum atomic E-state index is -2.64. The summed E-state index contributed by atoms with van der Waals surface area (Å²) in [6.45, 7) is 9.58. The van der Waals surface area contributed by atoms with Crippen LogP contribution in [0.15, 0.2) is 0 Å². The van der Waals surface area contributed by atoms with Crippen LogP contribution < -0.4 is 11.5 Å². The smallest absolute Gasteiger partial charge is 0.374 e. The lowest BCUT2D eigenvalue weighted by Crippen LogP contribution is -2.51. The monoisotopic (exact) mass is 264 g/mol. The van der Waals surface area contributed by atoms with Crippen molar-refractivity contribution in [2.75, 3.05) is 19.8 Å². The number of rotatable bonds is 10. The molecule has 0 amide bonds. The van der Waals surface area contributed by atoms with Crippen LogP contribution in [0.2, 0.25) is 6.04 Å². The van der Waals surface area contributed by atoms with E-state index in [1.807, 2.05) is 27.7 Å². The summed E-state index contributed by atoms with van der Waals surface area (Å²) in [5.41, 5.74) is 11.4. The van der Waals surface area contributed by atoms with Crippen LogP contribution in [0, 0.1) is 0 Å². The molecule has 0 rings (SSSR count). The predicted molar refractivity (Wildman–Crippen MR) is 71.7 cm³/mol. The quantitative estimate of drug-likeness (QED) is 0.578. The minimum absolute atomic E-state index is 0.00448. The molecular formula is C11H28N2O3Si. The molecule has 0 aromatic rings. The lowest BCUT2D eigenvalue weighted by atomic mass is 10.3. The molecular weight excluding hydrogens is 236 g/mol. The maximum atomic E-state index is 6.00. The molecule has 4 N–H and O–H groups in total. The average molecular weight is 264 g/mol. The van der Waals surface area contributed by atoms with E-state index in [1.165, 1.54) is 0 Å². The third-order valence-electron chi connectivity index (χ3n) is 2.25. The Balaban J connectivity index is 4.62. The van der Waals surface area contributed by atoms with Gasteiger partial charge in [0.25, 0.3) is 0 Å². The van der Waals surface area contributed by atoms with Crippen molar-refractivity contribution in [3.8, 4) is 0 Å². The molecule has 0 aliphatic heterocycles. The van der Waals surface area contributed by atoms with Gasteiger partial charge in [-0.3, -0.25) is 0 Å². The van der Waals surface area contributed by atoms with Crippen LogP contribution in [0.25, 0.3) is 0 Å². The van der Waals surface area contributed by atoms with E-state index in [-0.39, 0.29) is 12.1 Å². The van der Waals surface area contributed by atoms with Crippen molar-refractivity contribution in [1.82, 2.24) is 0 Å². The van der Waals surface area contributed by atoms with Crippen LogP contribution in [-0.2, 0) is 13.3 Å². The minimum Gasteiger partial charge on any atom is -0.374 e. The van der Waals surface area contributed by atoms with E-state index in [4.69, 9.17) is 24.7 Å².